The van der Waals surface area contributed by atoms with Gasteiger partial charge in [-0.1, -0.05) is 77.6 Å². The maximum atomic E-state index is 10.5. The number of hydrogen-bond donors (Lipinski definition) is 2. The summed E-state index contributed by atoms with van der Waals surface area (Å²) >= 11 is 0. The Labute approximate surface area is 137 Å². The van der Waals surface area contributed by atoms with Gasteiger partial charge in [-0.25, -0.2) is 0 Å². The molecule has 0 aromatic rings. The molecule has 4 nitrogen and oxygen atoms in total. The van der Waals surface area contributed by atoms with Crippen molar-refractivity contribution in [3.63, 3.8) is 0 Å². The lowest BCUT2D eigenvalue weighted by molar-refractivity contribution is 0.147. The highest BCUT2D eigenvalue weighted by Gasteiger charge is 2.04. The minimum atomic E-state index is -3.77. The van der Waals surface area contributed by atoms with Crippen LogP contribution in [0, 0.1) is 0 Å². The Kier molecular flexibility index (Phi) is 14.4. The summed E-state index contributed by atoms with van der Waals surface area (Å²) in [6.45, 7) is 2.18. The molecule has 0 spiro atoms. The maximum absolute atomic E-state index is 10.5. The molecule has 0 aromatic carbocycles. The standard InChI is InChI=1S/C17H36O4S/c1-2-3-11-14-17(18)15-12-9-7-5-4-6-8-10-13-16-22(19,20)21/h17-18H,2-16H2,1H3,(H,19,20,21). The van der Waals surface area contributed by atoms with Crippen LogP contribution < -0.4 is 0 Å². The van der Waals surface area contributed by atoms with E-state index in [0.29, 0.717) is 6.42 Å². The van der Waals surface area contributed by atoms with Crippen LogP contribution in [0.2, 0.25) is 0 Å². The highest BCUT2D eigenvalue weighted by molar-refractivity contribution is 7.85. The summed E-state index contributed by atoms with van der Waals surface area (Å²) in [5, 5.41) is 9.80. The van der Waals surface area contributed by atoms with Crippen molar-refractivity contribution in [2.24, 2.45) is 0 Å². The van der Waals surface area contributed by atoms with Gasteiger partial charge in [-0.15, -0.1) is 0 Å². The Bertz CT molecular complexity index is 328. The quantitative estimate of drug-likeness (QED) is 0.316. The van der Waals surface area contributed by atoms with Gasteiger partial charge in [-0.3, -0.25) is 4.55 Å². The molecule has 134 valence electrons. The fourth-order valence-electron chi connectivity index (χ4n) is 2.68. The Morgan fingerprint density at radius 2 is 1.14 bits per heavy atom. The molecule has 0 heterocycles. The van der Waals surface area contributed by atoms with Gasteiger partial charge in [0.25, 0.3) is 10.1 Å². The molecule has 0 saturated carbocycles. The molecule has 1 atom stereocenters. The molecule has 0 aliphatic carbocycles. The summed E-state index contributed by atoms with van der Waals surface area (Å²) in [7, 11) is -3.77. The topological polar surface area (TPSA) is 74.6 Å². The molecule has 0 fully saturated rings. The van der Waals surface area contributed by atoms with Gasteiger partial charge in [0.2, 0.25) is 0 Å². The van der Waals surface area contributed by atoms with Gasteiger partial charge in [0.15, 0.2) is 0 Å². The summed E-state index contributed by atoms with van der Waals surface area (Å²) in [6, 6.07) is 0. The third-order valence-electron chi connectivity index (χ3n) is 4.08. The Morgan fingerprint density at radius 1 is 0.727 bits per heavy atom. The van der Waals surface area contributed by atoms with Crippen molar-refractivity contribution in [2.75, 3.05) is 5.75 Å². The summed E-state index contributed by atoms with van der Waals surface area (Å²) in [5.41, 5.74) is 0. The van der Waals surface area contributed by atoms with Crippen LogP contribution in [0.25, 0.3) is 0 Å². The first-order valence-corrected chi connectivity index (χ1v) is 10.7. The molecule has 0 saturated heterocycles. The molecule has 1 unspecified atom stereocenters. The Morgan fingerprint density at radius 3 is 1.59 bits per heavy atom. The van der Waals surface area contributed by atoms with E-state index in [1.165, 1.54) is 38.5 Å². The van der Waals surface area contributed by atoms with Crippen molar-refractivity contribution < 1.29 is 18.1 Å². The average molecular weight is 337 g/mol. The zero-order valence-corrected chi connectivity index (χ0v) is 15.1. The zero-order valence-electron chi connectivity index (χ0n) is 14.3. The largest absolute Gasteiger partial charge is 0.393 e. The number of rotatable bonds is 16. The predicted molar refractivity (Wildman–Crippen MR) is 92.7 cm³/mol. The fourth-order valence-corrected chi connectivity index (χ4v) is 3.25. The molecule has 2 N–H and O–H groups in total. The van der Waals surface area contributed by atoms with E-state index >= 15 is 0 Å². The smallest absolute Gasteiger partial charge is 0.264 e. The fraction of sp³-hybridized carbons (Fsp3) is 1.00. The lowest BCUT2D eigenvalue weighted by Gasteiger charge is -2.09. The van der Waals surface area contributed by atoms with Crippen LogP contribution in [0.1, 0.15) is 96.8 Å². The average Bonchev–Trinajstić information content (AvgIpc) is 2.44. The number of aliphatic hydroxyl groups is 1. The van der Waals surface area contributed by atoms with E-state index in [4.69, 9.17) is 4.55 Å². The maximum Gasteiger partial charge on any atom is 0.264 e. The minimum absolute atomic E-state index is 0.102. The minimum Gasteiger partial charge on any atom is -0.393 e. The van der Waals surface area contributed by atoms with E-state index in [1.807, 2.05) is 0 Å². The van der Waals surface area contributed by atoms with E-state index in [-0.39, 0.29) is 11.9 Å². The molecular formula is C17H36O4S. The molecule has 5 heteroatoms. The molecule has 0 amide bonds. The van der Waals surface area contributed by atoms with Crippen LogP contribution in [0.3, 0.4) is 0 Å². The molecular weight excluding hydrogens is 300 g/mol. The van der Waals surface area contributed by atoms with Crippen LogP contribution in [-0.4, -0.2) is 29.9 Å². The van der Waals surface area contributed by atoms with Crippen molar-refractivity contribution in [1.29, 1.82) is 0 Å². The monoisotopic (exact) mass is 336 g/mol. The first-order chi connectivity index (χ1) is 10.5. The first-order valence-electron chi connectivity index (χ1n) is 9.09. The van der Waals surface area contributed by atoms with E-state index in [1.54, 1.807) is 0 Å². The third-order valence-corrected chi connectivity index (χ3v) is 4.89. The van der Waals surface area contributed by atoms with Crippen molar-refractivity contribution in [1.82, 2.24) is 0 Å². The normalized spacial score (nSPS) is 13.4. The van der Waals surface area contributed by atoms with Crippen LogP contribution >= 0.6 is 0 Å². The molecule has 0 aromatic heterocycles. The highest BCUT2D eigenvalue weighted by atomic mass is 32.2. The van der Waals surface area contributed by atoms with Gasteiger partial charge < -0.3 is 5.11 Å². The van der Waals surface area contributed by atoms with Gasteiger partial charge in [-0.05, 0) is 19.3 Å². The van der Waals surface area contributed by atoms with E-state index < -0.39 is 10.1 Å². The lowest BCUT2D eigenvalue weighted by atomic mass is 10.0. The number of hydrogen-bond acceptors (Lipinski definition) is 3. The van der Waals surface area contributed by atoms with Gasteiger partial charge in [0.1, 0.15) is 0 Å². The van der Waals surface area contributed by atoms with Gasteiger partial charge in [-0.2, -0.15) is 8.42 Å². The SMILES string of the molecule is CCCCCC(O)CCCCCCCCCCCS(=O)(=O)O. The molecule has 0 aliphatic rings. The first kappa shape index (κ1) is 21.9. The third kappa shape index (κ3) is 17.9. The summed E-state index contributed by atoms with van der Waals surface area (Å²) < 4.78 is 29.6. The van der Waals surface area contributed by atoms with Crippen LogP contribution in [-0.2, 0) is 10.1 Å². The highest BCUT2D eigenvalue weighted by Crippen LogP contribution is 2.14. The molecule has 0 bridgehead atoms. The molecule has 0 aliphatic heterocycles. The summed E-state index contributed by atoms with van der Waals surface area (Å²) in [6.07, 6.45) is 15.0. The molecule has 0 radical (unpaired) electrons. The lowest BCUT2D eigenvalue weighted by Crippen LogP contribution is -2.05. The summed E-state index contributed by atoms with van der Waals surface area (Å²) in [4.78, 5) is 0. The number of unbranched alkanes of at least 4 members (excludes halogenated alkanes) is 10. The van der Waals surface area contributed by atoms with E-state index in [9.17, 15) is 13.5 Å². The van der Waals surface area contributed by atoms with Gasteiger partial charge in [0.05, 0.1) is 11.9 Å². The number of aliphatic hydroxyl groups excluding tert-OH is 1. The van der Waals surface area contributed by atoms with E-state index in [0.717, 1.165) is 44.9 Å². The second-order valence-corrected chi connectivity index (χ2v) is 7.98. The van der Waals surface area contributed by atoms with E-state index in [2.05, 4.69) is 6.92 Å². The van der Waals surface area contributed by atoms with Crippen LogP contribution in [0.4, 0.5) is 0 Å². The van der Waals surface area contributed by atoms with Gasteiger partial charge in [0, 0.05) is 0 Å². The van der Waals surface area contributed by atoms with Crippen molar-refractivity contribution in [2.45, 2.75) is 103 Å². The van der Waals surface area contributed by atoms with Crippen molar-refractivity contribution in [3.8, 4) is 0 Å². The predicted octanol–water partition coefficient (Wildman–Crippen LogP) is 4.72. The molecule has 0 rings (SSSR count). The van der Waals surface area contributed by atoms with Crippen molar-refractivity contribution >= 4 is 10.1 Å². The van der Waals surface area contributed by atoms with Crippen LogP contribution in [0.5, 0.6) is 0 Å². The second-order valence-electron chi connectivity index (χ2n) is 6.41. The Balaban J connectivity index is 3.17. The van der Waals surface area contributed by atoms with Crippen molar-refractivity contribution in [3.05, 3.63) is 0 Å². The second kappa shape index (κ2) is 14.5. The zero-order chi connectivity index (χ0) is 16.7. The van der Waals surface area contributed by atoms with Gasteiger partial charge >= 0.3 is 0 Å². The Hall–Kier alpha value is -0.130. The molecule has 22 heavy (non-hydrogen) atoms. The summed E-state index contributed by atoms with van der Waals surface area (Å²) in [5.74, 6) is -0.104. The van der Waals surface area contributed by atoms with Crippen LogP contribution in [0.15, 0.2) is 0 Å².